The van der Waals surface area contributed by atoms with Gasteiger partial charge in [0.05, 0.1) is 17.7 Å². The second-order valence-electron chi connectivity index (χ2n) is 4.53. The lowest BCUT2D eigenvalue weighted by Gasteiger charge is -2.18. The topological polar surface area (TPSA) is 99.6 Å². The van der Waals surface area contributed by atoms with E-state index >= 15 is 0 Å². The van der Waals surface area contributed by atoms with E-state index in [9.17, 15) is 9.90 Å². The van der Waals surface area contributed by atoms with Gasteiger partial charge in [-0.2, -0.15) is 4.98 Å². The van der Waals surface area contributed by atoms with Crippen molar-refractivity contribution in [2.45, 2.75) is 25.4 Å². The van der Waals surface area contributed by atoms with Gasteiger partial charge >= 0.3 is 5.69 Å². The van der Waals surface area contributed by atoms with Crippen LogP contribution in [0.25, 0.3) is 0 Å². The molecule has 1 saturated heterocycles. The second kappa shape index (κ2) is 5.46. The van der Waals surface area contributed by atoms with E-state index in [1.165, 1.54) is 17.9 Å². The monoisotopic (exact) mass is 289 g/mol. The average Bonchev–Trinajstić information content (AvgIpc) is 2.63. The van der Waals surface area contributed by atoms with Crippen molar-refractivity contribution in [2.24, 2.45) is 5.92 Å². The fraction of sp³-hybridized carbons (Fsp3) is 0.636. The lowest BCUT2D eigenvalue weighted by atomic mass is 10.0. The molecule has 0 saturated carbocycles. The number of nitrogens with zero attached hydrogens (tertiary/aromatic N) is 2. The summed E-state index contributed by atoms with van der Waals surface area (Å²) in [6.07, 6.45) is -0.496. The summed E-state index contributed by atoms with van der Waals surface area (Å²) in [6, 6.07) is 0. The zero-order valence-electron chi connectivity index (χ0n) is 10.6. The second-order valence-corrected chi connectivity index (χ2v) is 4.94. The number of anilines is 1. The fourth-order valence-electron chi connectivity index (χ4n) is 2.15. The van der Waals surface area contributed by atoms with Gasteiger partial charge in [0.15, 0.2) is 0 Å². The molecule has 0 radical (unpaired) electrons. The number of aliphatic hydroxyl groups excluding tert-OH is 1. The first kappa shape index (κ1) is 14.3. The molecule has 1 aromatic heterocycles. The largest absolute Gasteiger partial charge is 0.390 e. The molecule has 4 unspecified atom stereocenters. The summed E-state index contributed by atoms with van der Waals surface area (Å²) in [7, 11) is 1.52. The Morgan fingerprint density at radius 2 is 2.37 bits per heavy atom. The van der Waals surface area contributed by atoms with Crippen LogP contribution in [0.5, 0.6) is 0 Å². The molecule has 0 bridgehead atoms. The third kappa shape index (κ3) is 2.59. The molecule has 106 valence electrons. The van der Waals surface area contributed by atoms with E-state index in [2.05, 4.69) is 4.98 Å². The zero-order chi connectivity index (χ0) is 14.2. The maximum Gasteiger partial charge on any atom is 0.351 e. The Morgan fingerprint density at radius 1 is 1.68 bits per heavy atom. The minimum atomic E-state index is -0.729. The first-order valence-electron chi connectivity index (χ1n) is 5.82. The number of rotatable bonds is 3. The summed E-state index contributed by atoms with van der Waals surface area (Å²) in [4.78, 5) is 15.4. The van der Waals surface area contributed by atoms with Crippen LogP contribution in [0.2, 0.25) is 5.02 Å². The van der Waals surface area contributed by atoms with Crippen molar-refractivity contribution in [3.63, 3.8) is 0 Å². The standard InChI is InChI=1S/C11H16ClN3O4/c1-5-8(16)7(4-18-2)19-10(5)15-3-6(12)9(13)14-11(15)17/h3,5,7-8,10,16H,4H2,1-2H3,(H2,13,14,17). The highest BCUT2D eigenvalue weighted by molar-refractivity contribution is 6.32. The highest BCUT2D eigenvalue weighted by atomic mass is 35.5. The van der Waals surface area contributed by atoms with Gasteiger partial charge in [-0.1, -0.05) is 18.5 Å². The molecule has 2 heterocycles. The van der Waals surface area contributed by atoms with Gasteiger partial charge in [-0.25, -0.2) is 4.79 Å². The van der Waals surface area contributed by atoms with E-state index in [0.29, 0.717) is 0 Å². The summed E-state index contributed by atoms with van der Waals surface area (Å²) in [5.41, 5.74) is 4.89. The van der Waals surface area contributed by atoms with Gasteiger partial charge in [-0.15, -0.1) is 0 Å². The van der Waals surface area contributed by atoms with Crippen molar-refractivity contribution >= 4 is 17.4 Å². The molecule has 1 aromatic rings. The van der Waals surface area contributed by atoms with Crippen LogP contribution < -0.4 is 11.4 Å². The molecule has 1 aliphatic heterocycles. The molecule has 1 fully saturated rings. The molecular weight excluding hydrogens is 274 g/mol. The van der Waals surface area contributed by atoms with Crippen molar-refractivity contribution < 1.29 is 14.6 Å². The molecule has 1 aliphatic rings. The maximum atomic E-state index is 11.8. The molecule has 0 spiro atoms. The quantitative estimate of drug-likeness (QED) is 0.814. The van der Waals surface area contributed by atoms with Crippen LogP contribution in [-0.2, 0) is 9.47 Å². The van der Waals surface area contributed by atoms with Gasteiger partial charge in [0.2, 0.25) is 0 Å². The molecule has 0 aliphatic carbocycles. The predicted octanol–water partition coefficient (Wildman–Crippen LogP) is 0.0197. The van der Waals surface area contributed by atoms with Gasteiger partial charge in [-0.05, 0) is 0 Å². The minimum absolute atomic E-state index is 0.0254. The number of aromatic nitrogens is 2. The number of hydrogen-bond acceptors (Lipinski definition) is 6. The summed E-state index contributed by atoms with van der Waals surface area (Å²) in [6.45, 7) is 2.02. The van der Waals surface area contributed by atoms with Crippen LogP contribution in [-0.4, -0.2) is 40.6 Å². The SMILES string of the molecule is COCC1OC(n2cc(Cl)c(N)nc2=O)C(C)C1O. The Bertz CT molecular complexity index is 521. The van der Waals surface area contributed by atoms with Crippen LogP contribution in [0.4, 0.5) is 5.82 Å². The van der Waals surface area contributed by atoms with Crippen LogP contribution >= 0.6 is 11.6 Å². The molecular formula is C11H16ClN3O4. The number of ether oxygens (including phenoxy) is 2. The van der Waals surface area contributed by atoms with Crippen LogP contribution in [0.15, 0.2) is 11.0 Å². The van der Waals surface area contributed by atoms with Crippen molar-refractivity contribution in [3.05, 3.63) is 21.7 Å². The van der Waals surface area contributed by atoms with Gasteiger partial charge in [0.1, 0.15) is 18.1 Å². The molecule has 3 N–H and O–H groups in total. The lowest BCUT2D eigenvalue weighted by molar-refractivity contribution is -0.0560. The van der Waals surface area contributed by atoms with Crippen LogP contribution in [0, 0.1) is 5.92 Å². The lowest BCUT2D eigenvalue weighted by Crippen LogP contribution is -2.31. The number of methoxy groups -OCH3 is 1. The Kier molecular flexibility index (Phi) is 4.10. The van der Waals surface area contributed by atoms with E-state index in [1.54, 1.807) is 6.92 Å². The van der Waals surface area contributed by atoms with E-state index in [0.717, 1.165) is 0 Å². The Labute approximate surface area is 114 Å². The molecule has 0 amide bonds. The molecule has 19 heavy (non-hydrogen) atoms. The molecule has 7 nitrogen and oxygen atoms in total. The molecule has 4 atom stereocenters. The zero-order valence-corrected chi connectivity index (χ0v) is 11.4. The third-order valence-corrected chi connectivity index (χ3v) is 3.51. The van der Waals surface area contributed by atoms with Crippen LogP contribution in [0.3, 0.4) is 0 Å². The smallest absolute Gasteiger partial charge is 0.351 e. The molecule has 8 heteroatoms. The Balaban J connectivity index is 2.33. The van der Waals surface area contributed by atoms with E-state index in [1.807, 2.05) is 0 Å². The van der Waals surface area contributed by atoms with Gasteiger partial charge in [0, 0.05) is 19.2 Å². The number of aliphatic hydroxyl groups is 1. The molecule has 0 aromatic carbocycles. The van der Waals surface area contributed by atoms with Crippen molar-refractivity contribution in [1.29, 1.82) is 0 Å². The highest BCUT2D eigenvalue weighted by Crippen LogP contribution is 2.34. The van der Waals surface area contributed by atoms with Gasteiger partial charge in [-0.3, -0.25) is 4.57 Å². The van der Waals surface area contributed by atoms with Gasteiger partial charge < -0.3 is 20.3 Å². The van der Waals surface area contributed by atoms with Gasteiger partial charge in [0.25, 0.3) is 0 Å². The van der Waals surface area contributed by atoms with E-state index in [-0.39, 0.29) is 23.4 Å². The summed E-state index contributed by atoms with van der Waals surface area (Å²) in [5, 5.41) is 10.2. The average molecular weight is 290 g/mol. The Morgan fingerprint density at radius 3 is 3.00 bits per heavy atom. The predicted molar refractivity (Wildman–Crippen MR) is 68.9 cm³/mol. The highest BCUT2D eigenvalue weighted by Gasteiger charge is 2.42. The normalized spacial score (nSPS) is 30.7. The van der Waals surface area contributed by atoms with E-state index in [4.69, 9.17) is 26.8 Å². The number of halogens is 1. The van der Waals surface area contributed by atoms with Crippen LogP contribution in [0.1, 0.15) is 13.2 Å². The van der Waals surface area contributed by atoms with Crippen molar-refractivity contribution in [1.82, 2.24) is 9.55 Å². The minimum Gasteiger partial charge on any atom is -0.390 e. The third-order valence-electron chi connectivity index (χ3n) is 3.22. The Hall–Kier alpha value is -1.15. The number of nitrogen functional groups attached to an aromatic ring is 1. The maximum absolute atomic E-state index is 11.8. The van der Waals surface area contributed by atoms with E-state index < -0.39 is 24.1 Å². The fourth-order valence-corrected chi connectivity index (χ4v) is 2.30. The summed E-state index contributed by atoms with van der Waals surface area (Å²) in [5.74, 6) is -0.318. The summed E-state index contributed by atoms with van der Waals surface area (Å²) < 4.78 is 11.8. The van der Waals surface area contributed by atoms with Crippen molar-refractivity contribution in [2.75, 3.05) is 19.5 Å². The number of nitrogens with two attached hydrogens (primary N) is 1. The summed E-state index contributed by atoms with van der Waals surface area (Å²) >= 11 is 5.86. The number of hydrogen-bond donors (Lipinski definition) is 2. The first-order chi connectivity index (χ1) is 8.95. The first-order valence-corrected chi connectivity index (χ1v) is 6.20. The molecule has 2 rings (SSSR count). The van der Waals surface area contributed by atoms with Crippen molar-refractivity contribution in [3.8, 4) is 0 Å².